The summed E-state index contributed by atoms with van der Waals surface area (Å²) in [5.41, 5.74) is 2.44. The maximum atomic E-state index is 13.3. The minimum Gasteiger partial charge on any atom is -0.381 e. The van der Waals surface area contributed by atoms with Crippen LogP contribution in [0.15, 0.2) is 55.0 Å². The van der Waals surface area contributed by atoms with E-state index in [0.717, 1.165) is 29.7 Å². The van der Waals surface area contributed by atoms with Gasteiger partial charge < -0.3 is 4.74 Å². The SMILES string of the molecule is Fc1ccc(C2(n3cc(-c4ccncc4)nn3)CCOCC2)cc1. The fourth-order valence-corrected chi connectivity index (χ4v) is 3.25. The summed E-state index contributed by atoms with van der Waals surface area (Å²) in [6.45, 7) is 1.28. The van der Waals surface area contributed by atoms with E-state index in [4.69, 9.17) is 4.74 Å². The lowest BCUT2D eigenvalue weighted by molar-refractivity contribution is 0.0330. The average molecular weight is 324 g/mol. The number of aromatic nitrogens is 4. The zero-order chi connectivity index (χ0) is 16.4. The molecule has 122 valence electrons. The molecule has 3 aromatic rings. The summed E-state index contributed by atoms with van der Waals surface area (Å²) < 4.78 is 20.8. The van der Waals surface area contributed by atoms with Crippen LogP contribution in [0.5, 0.6) is 0 Å². The number of ether oxygens (including phenoxy) is 1. The first-order valence-electron chi connectivity index (χ1n) is 7.95. The summed E-state index contributed by atoms with van der Waals surface area (Å²) in [7, 11) is 0. The summed E-state index contributed by atoms with van der Waals surface area (Å²) in [6.07, 6.45) is 6.97. The largest absolute Gasteiger partial charge is 0.381 e. The fraction of sp³-hybridized carbons (Fsp3) is 0.278. The van der Waals surface area contributed by atoms with Crippen molar-refractivity contribution in [3.05, 3.63) is 66.4 Å². The first kappa shape index (κ1) is 15.0. The predicted octanol–water partition coefficient (Wildman–Crippen LogP) is 3.03. The average Bonchev–Trinajstić information content (AvgIpc) is 3.14. The van der Waals surface area contributed by atoms with Gasteiger partial charge in [-0.1, -0.05) is 17.3 Å². The number of rotatable bonds is 3. The van der Waals surface area contributed by atoms with E-state index in [2.05, 4.69) is 15.3 Å². The van der Waals surface area contributed by atoms with Gasteiger partial charge in [0.05, 0.1) is 11.7 Å². The molecule has 0 spiro atoms. The molecule has 4 rings (SSSR count). The molecule has 0 amide bonds. The molecule has 0 bridgehead atoms. The van der Waals surface area contributed by atoms with Crippen molar-refractivity contribution in [3.8, 4) is 11.3 Å². The van der Waals surface area contributed by atoms with Crippen LogP contribution in [-0.4, -0.2) is 33.2 Å². The number of nitrogens with zero attached hydrogens (tertiary/aromatic N) is 4. The zero-order valence-corrected chi connectivity index (χ0v) is 13.1. The molecule has 24 heavy (non-hydrogen) atoms. The summed E-state index contributed by atoms with van der Waals surface area (Å²) in [4.78, 5) is 4.03. The molecule has 1 aromatic carbocycles. The lowest BCUT2D eigenvalue weighted by Crippen LogP contribution is -2.41. The predicted molar refractivity (Wildman–Crippen MR) is 86.8 cm³/mol. The first-order chi connectivity index (χ1) is 11.8. The Morgan fingerprint density at radius 3 is 2.42 bits per heavy atom. The molecule has 1 saturated heterocycles. The van der Waals surface area contributed by atoms with E-state index in [1.807, 2.05) is 35.1 Å². The Hall–Kier alpha value is -2.60. The molecule has 0 unspecified atom stereocenters. The molecule has 3 heterocycles. The second kappa shape index (κ2) is 6.13. The summed E-state index contributed by atoms with van der Waals surface area (Å²) in [5.74, 6) is -0.239. The third kappa shape index (κ3) is 2.59. The van der Waals surface area contributed by atoms with Crippen LogP contribution in [0, 0.1) is 5.82 Å². The minimum atomic E-state index is -0.357. The smallest absolute Gasteiger partial charge is 0.123 e. The number of pyridine rings is 1. The van der Waals surface area contributed by atoms with Crippen molar-refractivity contribution >= 4 is 0 Å². The Labute approximate surface area is 139 Å². The lowest BCUT2D eigenvalue weighted by Gasteiger charge is -2.37. The Balaban J connectivity index is 1.77. The van der Waals surface area contributed by atoms with Gasteiger partial charge in [0.1, 0.15) is 11.5 Å². The molecule has 0 atom stereocenters. The molecule has 1 fully saturated rings. The van der Waals surface area contributed by atoms with Crippen molar-refractivity contribution in [1.82, 2.24) is 20.0 Å². The number of hydrogen-bond donors (Lipinski definition) is 0. The van der Waals surface area contributed by atoms with Gasteiger partial charge in [0.2, 0.25) is 0 Å². The van der Waals surface area contributed by atoms with Crippen molar-refractivity contribution < 1.29 is 9.13 Å². The van der Waals surface area contributed by atoms with Crippen molar-refractivity contribution in [2.24, 2.45) is 0 Å². The van der Waals surface area contributed by atoms with Crippen LogP contribution in [-0.2, 0) is 10.3 Å². The van der Waals surface area contributed by atoms with E-state index in [1.165, 1.54) is 12.1 Å². The molecule has 0 aliphatic carbocycles. The number of halogens is 1. The van der Waals surface area contributed by atoms with E-state index in [0.29, 0.717) is 13.2 Å². The van der Waals surface area contributed by atoms with Crippen LogP contribution in [0.2, 0.25) is 0 Å². The van der Waals surface area contributed by atoms with Gasteiger partial charge >= 0.3 is 0 Å². The lowest BCUT2D eigenvalue weighted by atomic mass is 9.83. The Morgan fingerprint density at radius 2 is 1.71 bits per heavy atom. The summed E-state index contributed by atoms with van der Waals surface area (Å²) in [5, 5.41) is 8.70. The standard InChI is InChI=1S/C18H17FN4O/c19-16-3-1-15(2-4-16)18(7-11-24-12-8-18)23-13-17(21-22-23)14-5-9-20-10-6-14/h1-6,9-10,13H,7-8,11-12H2. The van der Waals surface area contributed by atoms with Crippen LogP contribution in [0.4, 0.5) is 4.39 Å². The van der Waals surface area contributed by atoms with E-state index < -0.39 is 0 Å². The minimum absolute atomic E-state index is 0.239. The molecule has 5 nitrogen and oxygen atoms in total. The zero-order valence-electron chi connectivity index (χ0n) is 13.1. The van der Waals surface area contributed by atoms with E-state index in [9.17, 15) is 4.39 Å². The maximum Gasteiger partial charge on any atom is 0.123 e. The fourth-order valence-electron chi connectivity index (χ4n) is 3.25. The highest BCUT2D eigenvalue weighted by atomic mass is 19.1. The van der Waals surface area contributed by atoms with E-state index in [1.54, 1.807) is 12.4 Å². The van der Waals surface area contributed by atoms with Gasteiger partial charge in [-0.05, 0) is 29.8 Å². The maximum absolute atomic E-state index is 13.3. The molecular weight excluding hydrogens is 307 g/mol. The third-order valence-electron chi connectivity index (χ3n) is 4.61. The molecule has 2 aromatic heterocycles. The molecule has 0 N–H and O–H groups in total. The van der Waals surface area contributed by atoms with Gasteiger partial charge in [0.15, 0.2) is 0 Å². The van der Waals surface area contributed by atoms with Crippen molar-refractivity contribution in [2.45, 2.75) is 18.4 Å². The van der Waals surface area contributed by atoms with Gasteiger partial charge in [-0.2, -0.15) is 0 Å². The molecule has 0 saturated carbocycles. The molecule has 1 aliphatic heterocycles. The van der Waals surface area contributed by atoms with Crippen molar-refractivity contribution in [1.29, 1.82) is 0 Å². The monoisotopic (exact) mass is 324 g/mol. The summed E-state index contributed by atoms with van der Waals surface area (Å²) >= 11 is 0. The van der Waals surface area contributed by atoms with Crippen LogP contribution >= 0.6 is 0 Å². The molecule has 0 radical (unpaired) electrons. The van der Waals surface area contributed by atoms with Gasteiger partial charge in [-0.25, -0.2) is 9.07 Å². The van der Waals surface area contributed by atoms with Gasteiger partial charge in [-0.3, -0.25) is 4.98 Å². The second-order valence-electron chi connectivity index (χ2n) is 5.94. The van der Waals surface area contributed by atoms with Gasteiger partial charge in [-0.15, -0.1) is 5.10 Å². The highest BCUT2D eigenvalue weighted by molar-refractivity contribution is 5.56. The number of hydrogen-bond acceptors (Lipinski definition) is 4. The molecule has 1 aliphatic rings. The first-order valence-corrected chi connectivity index (χ1v) is 7.95. The second-order valence-corrected chi connectivity index (χ2v) is 5.94. The summed E-state index contributed by atoms with van der Waals surface area (Å²) in [6, 6.07) is 10.5. The molecule has 6 heteroatoms. The van der Waals surface area contributed by atoms with Crippen LogP contribution in [0.1, 0.15) is 18.4 Å². The van der Waals surface area contributed by atoms with Crippen LogP contribution in [0.3, 0.4) is 0 Å². The molecular formula is C18H17FN4O. The van der Waals surface area contributed by atoms with E-state index in [-0.39, 0.29) is 11.4 Å². The van der Waals surface area contributed by atoms with Crippen molar-refractivity contribution in [3.63, 3.8) is 0 Å². The van der Waals surface area contributed by atoms with Crippen LogP contribution < -0.4 is 0 Å². The highest BCUT2D eigenvalue weighted by Crippen LogP contribution is 2.36. The quantitative estimate of drug-likeness (QED) is 0.743. The van der Waals surface area contributed by atoms with Crippen molar-refractivity contribution in [2.75, 3.05) is 13.2 Å². The normalized spacial score (nSPS) is 16.9. The number of benzene rings is 1. The highest BCUT2D eigenvalue weighted by Gasteiger charge is 2.37. The Morgan fingerprint density at radius 1 is 1.00 bits per heavy atom. The Kier molecular flexibility index (Phi) is 3.82. The van der Waals surface area contributed by atoms with Gasteiger partial charge in [0, 0.05) is 44.0 Å². The van der Waals surface area contributed by atoms with E-state index >= 15 is 0 Å². The Bertz CT molecular complexity index is 811. The third-order valence-corrected chi connectivity index (χ3v) is 4.61. The van der Waals surface area contributed by atoms with Crippen LogP contribution in [0.25, 0.3) is 11.3 Å². The topological polar surface area (TPSA) is 52.8 Å². The van der Waals surface area contributed by atoms with Gasteiger partial charge in [0.25, 0.3) is 0 Å².